The second-order valence-electron chi connectivity index (χ2n) is 4.68. The first-order chi connectivity index (χ1) is 10.2. The predicted octanol–water partition coefficient (Wildman–Crippen LogP) is 3.93. The van der Waals surface area contributed by atoms with Gasteiger partial charge in [-0.1, -0.05) is 41.1 Å². The maximum absolute atomic E-state index is 13.2. The second kappa shape index (κ2) is 7.54. The van der Waals surface area contributed by atoms with Crippen LogP contribution in [-0.4, -0.2) is 6.61 Å². The van der Waals surface area contributed by atoms with Crippen LogP contribution in [-0.2, 0) is 0 Å². The molecule has 1 unspecified atom stereocenters. The normalized spacial score (nSPS) is 12.2. The van der Waals surface area contributed by atoms with E-state index < -0.39 is 0 Å². The van der Waals surface area contributed by atoms with Gasteiger partial charge in [-0.2, -0.15) is 0 Å². The van der Waals surface area contributed by atoms with E-state index in [-0.39, 0.29) is 11.9 Å². The Bertz CT molecular complexity index is 589. The molecule has 0 radical (unpaired) electrons. The molecule has 0 heterocycles. The summed E-state index contributed by atoms with van der Waals surface area (Å²) in [5, 5.41) is 0. The van der Waals surface area contributed by atoms with Crippen LogP contribution in [0.2, 0.25) is 0 Å². The zero-order valence-electron chi connectivity index (χ0n) is 11.8. The van der Waals surface area contributed by atoms with Crippen molar-refractivity contribution in [3.8, 4) is 5.75 Å². The van der Waals surface area contributed by atoms with Gasteiger partial charge in [-0.25, -0.2) is 9.82 Å². The summed E-state index contributed by atoms with van der Waals surface area (Å²) in [5.74, 6) is 6.21. The van der Waals surface area contributed by atoms with Gasteiger partial charge in [0.25, 0.3) is 0 Å². The molecule has 3 nitrogen and oxygen atoms in total. The lowest BCUT2D eigenvalue weighted by atomic mass is 9.99. The molecule has 5 heteroatoms. The molecule has 21 heavy (non-hydrogen) atoms. The Kier molecular flexibility index (Phi) is 5.73. The second-order valence-corrected chi connectivity index (χ2v) is 5.54. The molecule has 0 aliphatic heterocycles. The molecule has 0 amide bonds. The monoisotopic (exact) mass is 352 g/mol. The van der Waals surface area contributed by atoms with Gasteiger partial charge in [0.05, 0.1) is 12.6 Å². The average molecular weight is 353 g/mol. The number of rotatable bonds is 6. The molecule has 0 saturated heterocycles. The van der Waals surface area contributed by atoms with Crippen LogP contribution in [0.1, 0.15) is 30.5 Å². The highest BCUT2D eigenvalue weighted by Crippen LogP contribution is 2.29. The maximum Gasteiger partial charge on any atom is 0.124 e. The molecule has 0 aromatic heterocycles. The van der Waals surface area contributed by atoms with E-state index in [2.05, 4.69) is 28.3 Å². The van der Waals surface area contributed by atoms with Crippen LogP contribution in [0.25, 0.3) is 0 Å². The summed E-state index contributed by atoms with van der Waals surface area (Å²) in [6.07, 6.45) is 0.970. The average Bonchev–Trinajstić information content (AvgIpc) is 2.49. The Balaban J connectivity index is 2.24. The molecule has 2 aromatic rings. The number of hydrogen-bond donors (Lipinski definition) is 2. The van der Waals surface area contributed by atoms with E-state index in [0.29, 0.717) is 11.1 Å². The summed E-state index contributed by atoms with van der Waals surface area (Å²) in [6, 6.07) is 12.1. The number of hydrogen-bond acceptors (Lipinski definition) is 3. The summed E-state index contributed by atoms with van der Waals surface area (Å²) in [7, 11) is 0. The molecule has 1 atom stereocenters. The summed E-state index contributed by atoms with van der Waals surface area (Å²) < 4.78 is 19.4. The van der Waals surface area contributed by atoms with Gasteiger partial charge < -0.3 is 4.74 Å². The van der Waals surface area contributed by atoms with Crippen molar-refractivity contribution in [1.29, 1.82) is 0 Å². The number of halogens is 2. The summed E-state index contributed by atoms with van der Waals surface area (Å²) in [6.45, 7) is 2.76. The first-order valence-corrected chi connectivity index (χ1v) is 7.58. The first-order valence-electron chi connectivity index (χ1n) is 6.79. The number of nitrogens with two attached hydrogens (primary N) is 1. The summed E-state index contributed by atoms with van der Waals surface area (Å²) >= 11 is 3.37. The van der Waals surface area contributed by atoms with Crippen molar-refractivity contribution in [2.24, 2.45) is 5.84 Å². The number of hydrazine groups is 1. The minimum absolute atomic E-state index is 0.222. The van der Waals surface area contributed by atoms with E-state index in [4.69, 9.17) is 10.6 Å². The van der Waals surface area contributed by atoms with Crippen molar-refractivity contribution in [2.75, 3.05) is 6.61 Å². The molecule has 0 aliphatic carbocycles. The maximum atomic E-state index is 13.2. The van der Waals surface area contributed by atoms with Gasteiger partial charge in [0.2, 0.25) is 0 Å². The van der Waals surface area contributed by atoms with E-state index >= 15 is 0 Å². The van der Waals surface area contributed by atoms with Crippen molar-refractivity contribution in [1.82, 2.24) is 5.43 Å². The highest BCUT2D eigenvalue weighted by Gasteiger charge is 2.15. The van der Waals surface area contributed by atoms with Gasteiger partial charge in [0.1, 0.15) is 11.6 Å². The fraction of sp³-hybridized carbons (Fsp3) is 0.250. The number of benzene rings is 2. The Morgan fingerprint density at radius 1 is 1.24 bits per heavy atom. The highest BCUT2D eigenvalue weighted by atomic mass is 79.9. The lowest BCUT2D eigenvalue weighted by molar-refractivity contribution is 0.317. The van der Waals surface area contributed by atoms with E-state index in [9.17, 15) is 4.39 Å². The topological polar surface area (TPSA) is 47.3 Å². The Hall–Kier alpha value is -1.43. The molecule has 0 bridgehead atoms. The quantitative estimate of drug-likeness (QED) is 0.611. The van der Waals surface area contributed by atoms with Crippen LogP contribution < -0.4 is 16.0 Å². The Morgan fingerprint density at radius 2 is 1.95 bits per heavy atom. The molecule has 0 fully saturated rings. The van der Waals surface area contributed by atoms with Crippen LogP contribution in [0.3, 0.4) is 0 Å². The lowest BCUT2D eigenvalue weighted by Gasteiger charge is -2.19. The van der Waals surface area contributed by atoms with Crippen LogP contribution in [0.15, 0.2) is 46.9 Å². The van der Waals surface area contributed by atoms with Crippen molar-refractivity contribution < 1.29 is 9.13 Å². The van der Waals surface area contributed by atoms with Gasteiger partial charge in [-0.3, -0.25) is 5.84 Å². The molecule has 0 spiro atoms. The van der Waals surface area contributed by atoms with Gasteiger partial charge in [0.15, 0.2) is 0 Å². The third-order valence-corrected chi connectivity index (χ3v) is 3.81. The minimum atomic E-state index is -0.287. The Labute approximate surface area is 132 Å². The van der Waals surface area contributed by atoms with E-state index in [1.54, 1.807) is 6.07 Å². The summed E-state index contributed by atoms with van der Waals surface area (Å²) in [5.41, 5.74) is 4.62. The van der Waals surface area contributed by atoms with Crippen molar-refractivity contribution in [3.63, 3.8) is 0 Å². The lowest BCUT2D eigenvalue weighted by Crippen LogP contribution is -2.29. The van der Waals surface area contributed by atoms with Gasteiger partial charge in [-0.15, -0.1) is 0 Å². The predicted molar refractivity (Wildman–Crippen MR) is 85.5 cm³/mol. The third-order valence-electron chi connectivity index (χ3n) is 3.13. The fourth-order valence-corrected chi connectivity index (χ4v) is 2.66. The number of nitrogens with one attached hydrogen (secondary N) is 1. The van der Waals surface area contributed by atoms with E-state index in [1.807, 2.05) is 24.3 Å². The van der Waals surface area contributed by atoms with E-state index in [1.165, 1.54) is 12.1 Å². The molecule has 0 saturated carbocycles. The minimum Gasteiger partial charge on any atom is -0.494 e. The fourth-order valence-electron chi connectivity index (χ4n) is 2.08. The molecule has 3 N–H and O–H groups in total. The molecule has 112 valence electrons. The largest absolute Gasteiger partial charge is 0.494 e. The molecular weight excluding hydrogens is 335 g/mol. The van der Waals surface area contributed by atoms with Crippen molar-refractivity contribution in [2.45, 2.75) is 19.4 Å². The van der Waals surface area contributed by atoms with Crippen LogP contribution in [0.5, 0.6) is 5.75 Å². The standard InChI is InChI=1S/C16H18BrFN2O/c1-2-9-21-13-6-3-11(4-7-13)16(20-19)14-8-5-12(18)10-15(14)17/h3-8,10,16,20H,2,9,19H2,1H3. The SMILES string of the molecule is CCCOc1ccc(C(NN)c2ccc(F)cc2Br)cc1. The zero-order chi connectivity index (χ0) is 15.2. The van der Waals surface area contributed by atoms with E-state index in [0.717, 1.165) is 23.3 Å². The number of ether oxygens (including phenoxy) is 1. The van der Waals surface area contributed by atoms with Crippen LogP contribution >= 0.6 is 15.9 Å². The molecular formula is C16H18BrFN2O. The third kappa shape index (κ3) is 4.03. The summed E-state index contributed by atoms with van der Waals surface area (Å²) in [4.78, 5) is 0. The highest BCUT2D eigenvalue weighted by molar-refractivity contribution is 9.10. The van der Waals surface area contributed by atoms with Gasteiger partial charge in [-0.05, 0) is 41.8 Å². The molecule has 0 aliphatic rings. The van der Waals surface area contributed by atoms with Crippen molar-refractivity contribution >= 4 is 15.9 Å². The molecule has 2 aromatic carbocycles. The smallest absolute Gasteiger partial charge is 0.124 e. The van der Waals surface area contributed by atoms with Crippen LogP contribution in [0.4, 0.5) is 4.39 Å². The van der Waals surface area contributed by atoms with Gasteiger partial charge >= 0.3 is 0 Å². The molecule has 2 rings (SSSR count). The zero-order valence-corrected chi connectivity index (χ0v) is 13.4. The van der Waals surface area contributed by atoms with Gasteiger partial charge in [0, 0.05) is 4.47 Å². The van der Waals surface area contributed by atoms with Crippen LogP contribution in [0, 0.1) is 5.82 Å². The first kappa shape index (κ1) is 15.9. The van der Waals surface area contributed by atoms with Crippen molar-refractivity contribution in [3.05, 3.63) is 63.9 Å². The Morgan fingerprint density at radius 3 is 2.52 bits per heavy atom.